The van der Waals surface area contributed by atoms with E-state index in [1.165, 1.54) is 0 Å². The van der Waals surface area contributed by atoms with Gasteiger partial charge in [0.2, 0.25) is 5.91 Å². The van der Waals surface area contributed by atoms with Crippen LogP contribution in [-0.4, -0.2) is 35.1 Å². The lowest BCUT2D eigenvalue weighted by atomic mass is 10.2. The molecular formula is C14H17N3O2. The van der Waals surface area contributed by atoms with Gasteiger partial charge in [-0.05, 0) is 25.0 Å². The average Bonchev–Trinajstić information content (AvgIpc) is 3.07. The molecule has 1 aliphatic rings. The van der Waals surface area contributed by atoms with Gasteiger partial charge in [-0.25, -0.2) is 4.98 Å². The highest BCUT2D eigenvalue weighted by Crippen LogP contribution is 2.12. The minimum atomic E-state index is -0.254. The van der Waals surface area contributed by atoms with Gasteiger partial charge in [0.1, 0.15) is 11.9 Å². The van der Waals surface area contributed by atoms with E-state index in [0.29, 0.717) is 19.6 Å². The molecule has 0 radical (unpaired) electrons. The number of para-hydroxylation sites is 2. The van der Waals surface area contributed by atoms with Crippen molar-refractivity contribution in [2.45, 2.75) is 25.4 Å². The largest absolute Gasteiger partial charge is 0.368 e. The van der Waals surface area contributed by atoms with Gasteiger partial charge in [0.15, 0.2) is 0 Å². The molecule has 5 nitrogen and oxygen atoms in total. The number of nitrogens with one attached hydrogen (secondary N) is 2. The summed E-state index contributed by atoms with van der Waals surface area (Å²) in [5.74, 6) is 0.891. The number of carbonyl (C=O) groups excluding carboxylic acids is 1. The van der Waals surface area contributed by atoms with Crippen molar-refractivity contribution in [3.05, 3.63) is 30.1 Å². The number of carbonyl (C=O) groups is 1. The Hall–Kier alpha value is -1.88. The summed E-state index contributed by atoms with van der Waals surface area (Å²) < 4.78 is 5.33. The normalized spacial score (nSPS) is 18.8. The maximum atomic E-state index is 11.7. The Morgan fingerprint density at radius 3 is 3.16 bits per heavy atom. The number of aromatic amines is 1. The maximum Gasteiger partial charge on any atom is 0.249 e. The van der Waals surface area contributed by atoms with Crippen molar-refractivity contribution in [3.8, 4) is 0 Å². The number of fused-ring (bicyclic) bond motifs is 1. The molecule has 2 aromatic rings. The second-order valence-electron chi connectivity index (χ2n) is 4.74. The molecule has 1 saturated heterocycles. The van der Waals surface area contributed by atoms with Crippen LogP contribution in [0.2, 0.25) is 0 Å². The molecule has 0 aliphatic carbocycles. The highest BCUT2D eigenvalue weighted by atomic mass is 16.5. The highest BCUT2D eigenvalue weighted by Gasteiger charge is 2.22. The molecule has 1 atom stereocenters. The third-order valence-electron chi connectivity index (χ3n) is 3.32. The van der Waals surface area contributed by atoms with Crippen LogP contribution >= 0.6 is 0 Å². The van der Waals surface area contributed by atoms with Crippen molar-refractivity contribution in [1.29, 1.82) is 0 Å². The van der Waals surface area contributed by atoms with Gasteiger partial charge in [0.05, 0.1) is 11.0 Å². The van der Waals surface area contributed by atoms with Crippen molar-refractivity contribution < 1.29 is 9.53 Å². The summed E-state index contributed by atoms with van der Waals surface area (Å²) in [7, 11) is 0. The van der Waals surface area contributed by atoms with Crippen LogP contribution in [0.1, 0.15) is 18.7 Å². The number of nitrogens with zero attached hydrogens (tertiary/aromatic N) is 1. The van der Waals surface area contributed by atoms with Gasteiger partial charge in [-0.1, -0.05) is 12.1 Å². The predicted molar refractivity (Wildman–Crippen MR) is 71.8 cm³/mol. The van der Waals surface area contributed by atoms with Crippen LogP contribution < -0.4 is 5.32 Å². The summed E-state index contributed by atoms with van der Waals surface area (Å²) in [5.41, 5.74) is 1.99. The smallest absolute Gasteiger partial charge is 0.249 e. The Kier molecular flexibility index (Phi) is 3.46. The summed E-state index contributed by atoms with van der Waals surface area (Å²) >= 11 is 0. The molecule has 0 saturated carbocycles. The van der Waals surface area contributed by atoms with Crippen LogP contribution in [0.4, 0.5) is 0 Å². The number of rotatable bonds is 4. The van der Waals surface area contributed by atoms with E-state index in [-0.39, 0.29) is 12.0 Å². The Balaban J connectivity index is 1.53. The summed E-state index contributed by atoms with van der Waals surface area (Å²) in [5, 5.41) is 2.89. The Morgan fingerprint density at radius 2 is 2.37 bits per heavy atom. The Morgan fingerprint density at radius 1 is 1.47 bits per heavy atom. The van der Waals surface area contributed by atoms with E-state index in [4.69, 9.17) is 4.74 Å². The fraction of sp³-hybridized carbons (Fsp3) is 0.429. The molecule has 2 N–H and O–H groups in total. The summed E-state index contributed by atoms with van der Waals surface area (Å²) in [4.78, 5) is 19.5. The number of amides is 1. The Labute approximate surface area is 111 Å². The molecule has 2 heterocycles. The van der Waals surface area contributed by atoms with Crippen LogP contribution in [0.3, 0.4) is 0 Å². The first-order chi connectivity index (χ1) is 9.33. The SMILES string of the molecule is O=C(NCCc1nc2ccccc2[nH]1)[C@H]1CCCO1. The van der Waals surface area contributed by atoms with Crippen molar-refractivity contribution in [3.63, 3.8) is 0 Å². The van der Waals surface area contributed by atoms with E-state index in [9.17, 15) is 4.79 Å². The molecule has 3 rings (SSSR count). The van der Waals surface area contributed by atoms with Crippen molar-refractivity contribution in [2.24, 2.45) is 0 Å². The molecule has 1 amide bonds. The number of imidazole rings is 1. The number of H-pyrrole nitrogens is 1. The number of benzene rings is 1. The van der Waals surface area contributed by atoms with Crippen LogP contribution in [-0.2, 0) is 16.0 Å². The van der Waals surface area contributed by atoms with E-state index in [1.807, 2.05) is 24.3 Å². The fourth-order valence-electron chi connectivity index (χ4n) is 2.33. The molecule has 5 heteroatoms. The van der Waals surface area contributed by atoms with E-state index in [0.717, 1.165) is 29.7 Å². The van der Waals surface area contributed by atoms with Gasteiger partial charge >= 0.3 is 0 Å². The summed E-state index contributed by atoms with van der Waals surface area (Å²) in [6, 6.07) is 7.91. The molecule has 0 bridgehead atoms. The zero-order chi connectivity index (χ0) is 13.1. The number of ether oxygens (including phenoxy) is 1. The molecule has 19 heavy (non-hydrogen) atoms. The third-order valence-corrected chi connectivity index (χ3v) is 3.32. The van der Waals surface area contributed by atoms with Gasteiger partial charge in [0, 0.05) is 19.6 Å². The van der Waals surface area contributed by atoms with E-state index in [1.54, 1.807) is 0 Å². The molecule has 1 aromatic carbocycles. The van der Waals surface area contributed by atoms with Gasteiger partial charge in [-0.2, -0.15) is 0 Å². The molecular weight excluding hydrogens is 242 g/mol. The van der Waals surface area contributed by atoms with Crippen LogP contribution in [0.15, 0.2) is 24.3 Å². The van der Waals surface area contributed by atoms with E-state index >= 15 is 0 Å². The monoisotopic (exact) mass is 259 g/mol. The molecule has 1 aromatic heterocycles. The summed E-state index contributed by atoms with van der Waals surface area (Å²) in [6.45, 7) is 1.28. The highest BCUT2D eigenvalue weighted by molar-refractivity contribution is 5.81. The lowest BCUT2D eigenvalue weighted by Crippen LogP contribution is -2.35. The molecule has 1 fully saturated rings. The molecule has 1 aliphatic heterocycles. The first-order valence-electron chi connectivity index (χ1n) is 6.66. The zero-order valence-electron chi connectivity index (χ0n) is 10.7. The van der Waals surface area contributed by atoms with Crippen LogP contribution in [0.5, 0.6) is 0 Å². The average molecular weight is 259 g/mol. The van der Waals surface area contributed by atoms with Gasteiger partial charge < -0.3 is 15.0 Å². The van der Waals surface area contributed by atoms with Gasteiger partial charge in [-0.15, -0.1) is 0 Å². The van der Waals surface area contributed by atoms with Crippen LogP contribution in [0, 0.1) is 0 Å². The molecule has 0 unspecified atom stereocenters. The van der Waals surface area contributed by atoms with E-state index in [2.05, 4.69) is 15.3 Å². The third kappa shape index (κ3) is 2.76. The predicted octanol–water partition coefficient (Wildman–Crippen LogP) is 1.40. The lowest BCUT2D eigenvalue weighted by molar-refractivity contribution is -0.129. The second kappa shape index (κ2) is 5.40. The maximum absolute atomic E-state index is 11.7. The quantitative estimate of drug-likeness (QED) is 0.872. The number of hydrogen-bond acceptors (Lipinski definition) is 3. The van der Waals surface area contributed by atoms with Crippen molar-refractivity contribution in [1.82, 2.24) is 15.3 Å². The fourth-order valence-corrected chi connectivity index (χ4v) is 2.33. The van der Waals surface area contributed by atoms with E-state index < -0.39 is 0 Å². The first kappa shape index (κ1) is 12.2. The van der Waals surface area contributed by atoms with Crippen LogP contribution in [0.25, 0.3) is 11.0 Å². The second-order valence-corrected chi connectivity index (χ2v) is 4.74. The number of hydrogen-bond donors (Lipinski definition) is 2. The summed E-state index contributed by atoms with van der Waals surface area (Å²) in [6.07, 6.45) is 2.25. The van der Waals surface area contributed by atoms with Crippen molar-refractivity contribution in [2.75, 3.05) is 13.2 Å². The molecule has 0 spiro atoms. The van der Waals surface area contributed by atoms with Gasteiger partial charge in [0.25, 0.3) is 0 Å². The van der Waals surface area contributed by atoms with Crippen molar-refractivity contribution >= 4 is 16.9 Å². The lowest BCUT2D eigenvalue weighted by Gasteiger charge is -2.09. The van der Waals surface area contributed by atoms with Gasteiger partial charge in [-0.3, -0.25) is 4.79 Å². The first-order valence-corrected chi connectivity index (χ1v) is 6.66. The minimum Gasteiger partial charge on any atom is -0.368 e. The molecule has 100 valence electrons. The standard InChI is InChI=1S/C14H17N3O2/c18-14(12-6-3-9-19-12)15-8-7-13-16-10-4-1-2-5-11(10)17-13/h1-2,4-5,12H,3,6-9H2,(H,15,18)(H,16,17)/t12-/m1/s1. The number of aromatic nitrogens is 2. The Bertz CT molecular complexity index is 540. The minimum absolute atomic E-state index is 0.00592. The zero-order valence-corrected chi connectivity index (χ0v) is 10.7. The topological polar surface area (TPSA) is 67.0 Å².